The Balaban J connectivity index is 1.87. The van der Waals surface area contributed by atoms with Crippen molar-refractivity contribution in [3.8, 4) is 11.1 Å². The lowest BCUT2D eigenvalue weighted by Gasteiger charge is -2.09. The number of rotatable bonds is 5. The normalized spacial score (nSPS) is 12.0. The van der Waals surface area contributed by atoms with Gasteiger partial charge in [0.2, 0.25) is 10.0 Å². The van der Waals surface area contributed by atoms with E-state index in [1.165, 1.54) is 12.1 Å². The van der Waals surface area contributed by atoms with Crippen LogP contribution >= 0.6 is 0 Å². The predicted molar refractivity (Wildman–Crippen MR) is 84.9 cm³/mol. The largest absolute Gasteiger partial charge is 0.346 e. The van der Waals surface area contributed by atoms with Crippen LogP contribution < -0.4 is 4.72 Å². The molecule has 2 N–H and O–H groups in total. The van der Waals surface area contributed by atoms with Gasteiger partial charge in [0.25, 0.3) is 6.43 Å². The summed E-state index contributed by atoms with van der Waals surface area (Å²) < 4.78 is 49.6. The van der Waals surface area contributed by atoms with Crippen molar-refractivity contribution in [2.24, 2.45) is 0 Å². The second kappa shape index (κ2) is 5.96. The topological polar surface area (TPSA) is 74.8 Å². The Morgan fingerprint density at radius 1 is 1.13 bits per heavy atom. The summed E-state index contributed by atoms with van der Waals surface area (Å²) in [5.74, 6) is -1.22. The average molecular weight is 337 g/mol. The van der Waals surface area contributed by atoms with Gasteiger partial charge in [0.1, 0.15) is 11.4 Å². The van der Waals surface area contributed by atoms with Crippen molar-refractivity contribution in [2.75, 3.05) is 10.5 Å². The summed E-state index contributed by atoms with van der Waals surface area (Å²) in [6, 6.07) is 10.3. The SMILES string of the molecule is O=S(=O)(CC(F)F)Nc1ccc(-c2ccnc3[nH]ccc23)cc1. The first-order chi connectivity index (χ1) is 10.9. The number of pyridine rings is 1. The molecule has 120 valence electrons. The fourth-order valence-electron chi connectivity index (χ4n) is 2.32. The van der Waals surface area contributed by atoms with Gasteiger partial charge < -0.3 is 4.98 Å². The van der Waals surface area contributed by atoms with Crippen LogP contribution in [0.15, 0.2) is 48.8 Å². The highest BCUT2D eigenvalue weighted by molar-refractivity contribution is 7.92. The summed E-state index contributed by atoms with van der Waals surface area (Å²) >= 11 is 0. The lowest BCUT2D eigenvalue weighted by atomic mass is 10.0. The second-order valence-corrected chi connectivity index (χ2v) is 6.72. The maximum atomic E-state index is 12.2. The minimum atomic E-state index is -4.05. The monoisotopic (exact) mass is 337 g/mol. The summed E-state index contributed by atoms with van der Waals surface area (Å²) in [5, 5.41) is 0.943. The quantitative estimate of drug-likeness (QED) is 0.750. The molecular weight excluding hydrogens is 324 g/mol. The molecule has 0 aliphatic carbocycles. The zero-order valence-electron chi connectivity index (χ0n) is 11.8. The molecule has 1 aromatic carbocycles. The zero-order valence-corrected chi connectivity index (χ0v) is 12.6. The second-order valence-electron chi connectivity index (χ2n) is 4.95. The van der Waals surface area contributed by atoms with Crippen molar-refractivity contribution in [3.63, 3.8) is 0 Å². The minimum absolute atomic E-state index is 0.244. The number of halogens is 2. The van der Waals surface area contributed by atoms with Crippen molar-refractivity contribution < 1.29 is 17.2 Å². The van der Waals surface area contributed by atoms with Crippen LogP contribution in [0.25, 0.3) is 22.2 Å². The van der Waals surface area contributed by atoms with Gasteiger partial charge >= 0.3 is 0 Å². The van der Waals surface area contributed by atoms with Gasteiger partial charge in [0.05, 0.1) is 0 Å². The van der Waals surface area contributed by atoms with E-state index in [0.717, 1.165) is 22.2 Å². The van der Waals surface area contributed by atoms with Crippen molar-refractivity contribution in [3.05, 3.63) is 48.8 Å². The number of sulfonamides is 1. The molecule has 2 heterocycles. The van der Waals surface area contributed by atoms with Crippen LogP contribution in [-0.4, -0.2) is 30.6 Å². The highest BCUT2D eigenvalue weighted by atomic mass is 32.2. The number of hydrogen-bond donors (Lipinski definition) is 2. The van der Waals surface area contributed by atoms with E-state index in [4.69, 9.17) is 0 Å². The van der Waals surface area contributed by atoms with Crippen LogP contribution in [-0.2, 0) is 10.0 Å². The molecule has 3 aromatic rings. The Morgan fingerprint density at radius 2 is 1.87 bits per heavy atom. The maximum absolute atomic E-state index is 12.2. The third-order valence-electron chi connectivity index (χ3n) is 3.27. The Morgan fingerprint density at radius 3 is 2.57 bits per heavy atom. The van der Waals surface area contributed by atoms with E-state index in [1.807, 2.05) is 12.1 Å². The van der Waals surface area contributed by atoms with Gasteiger partial charge in [0, 0.05) is 23.5 Å². The number of fused-ring (bicyclic) bond motifs is 1. The molecule has 0 amide bonds. The minimum Gasteiger partial charge on any atom is -0.346 e. The molecule has 0 aliphatic heterocycles. The van der Waals surface area contributed by atoms with E-state index in [-0.39, 0.29) is 5.69 Å². The Hall–Kier alpha value is -2.48. The fourth-order valence-corrected chi connectivity index (χ4v) is 3.23. The molecule has 23 heavy (non-hydrogen) atoms. The van der Waals surface area contributed by atoms with E-state index >= 15 is 0 Å². The average Bonchev–Trinajstić information content (AvgIpc) is 2.94. The van der Waals surface area contributed by atoms with Gasteiger partial charge in [-0.05, 0) is 35.4 Å². The van der Waals surface area contributed by atoms with Crippen LogP contribution in [0.4, 0.5) is 14.5 Å². The molecule has 0 atom stereocenters. The first kappa shape index (κ1) is 15.4. The molecule has 0 unspecified atom stereocenters. The number of hydrogen-bond acceptors (Lipinski definition) is 3. The molecule has 0 spiro atoms. The third kappa shape index (κ3) is 3.48. The van der Waals surface area contributed by atoms with E-state index in [0.29, 0.717) is 0 Å². The van der Waals surface area contributed by atoms with Gasteiger partial charge in [-0.15, -0.1) is 0 Å². The van der Waals surface area contributed by atoms with Crippen molar-refractivity contribution >= 4 is 26.7 Å². The number of alkyl halides is 2. The van der Waals surface area contributed by atoms with Crippen molar-refractivity contribution in [2.45, 2.75) is 6.43 Å². The van der Waals surface area contributed by atoms with E-state index in [9.17, 15) is 17.2 Å². The lowest BCUT2D eigenvalue weighted by molar-refractivity contribution is 0.174. The highest BCUT2D eigenvalue weighted by Gasteiger charge is 2.17. The van der Waals surface area contributed by atoms with Gasteiger partial charge in [-0.2, -0.15) is 0 Å². The number of nitrogens with zero attached hydrogens (tertiary/aromatic N) is 1. The summed E-state index contributed by atoms with van der Waals surface area (Å²) in [6.45, 7) is 0. The van der Waals surface area contributed by atoms with Crippen molar-refractivity contribution in [1.82, 2.24) is 9.97 Å². The Kier molecular flexibility index (Phi) is 3.99. The van der Waals surface area contributed by atoms with Gasteiger partial charge in [-0.3, -0.25) is 4.72 Å². The fraction of sp³-hybridized carbons (Fsp3) is 0.133. The number of nitrogens with one attached hydrogen (secondary N) is 2. The van der Waals surface area contributed by atoms with Gasteiger partial charge in [-0.25, -0.2) is 22.2 Å². The number of aromatic nitrogens is 2. The summed E-state index contributed by atoms with van der Waals surface area (Å²) in [5.41, 5.74) is 2.81. The number of benzene rings is 1. The number of aromatic amines is 1. The molecule has 0 saturated heterocycles. The van der Waals surface area contributed by atoms with E-state index < -0.39 is 22.2 Å². The van der Waals surface area contributed by atoms with E-state index in [1.54, 1.807) is 24.5 Å². The third-order valence-corrected chi connectivity index (χ3v) is 4.51. The first-order valence-electron chi connectivity index (χ1n) is 6.76. The highest BCUT2D eigenvalue weighted by Crippen LogP contribution is 2.28. The van der Waals surface area contributed by atoms with Crippen LogP contribution in [0, 0.1) is 0 Å². The molecule has 0 fully saturated rings. The first-order valence-corrected chi connectivity index (χ1v) is 8.41. The summed E-state index contributed by atoms with van der Waals surface area (Å²) in [7, 11) is -4.05. The Labute approximate surface area is 131 Å². The van der Waals surface area contributed by atoms with Gasteiger partial charge in [0.15, 0.2) is 0 Å². The van der Waals surface area contributed by atoms with Crippen molar-refractivity contribution in [1.29, 1.82) is 0 Å². The molecule has 0 saturated carbocycles. The summed E-state index contributed by atoms with van der Waals surface area (Å²) in [6.07, 6.45) is 0.548. The van der Waals surface area contributed by atoms with Gasteiger partial charge in [-0.1, -0.05) is 12.1 Å². The molecule has 2 aromatic heterocycles. The number of H-pyrrole nitrogens is 1. The Bertz CT molecular complexity index is 921. The molecule has 0 bridgehead atoms. The molecule has 0 aliphatic rings. The van der Waals surface area contributed by atoms with Crippen LogP contribution in [0.2, 0.25) is 0 Å². The standard InChI is InChI=1S/C15H13F2N3O2S/c16-14(17)9-23(21,22)20-11-3-1-10(2-4-11)12-5-7-18-15-13(12)6-8-19-15/h1-8,14,20H,9H2,(H,18,19). The van der Waals surface area contributed by atoms with E-state index in [2.05, 4.69) is 14.7 Å². The lowest BCUT2D eigenvalue weighted by Crippen LogP contribution is -2.21. The molecular formula is C15H13F2N3O2S. The van der Waals surface area contributed by atoms with Crippen LogP contribution in [0.1, 0.15) is 0 Å². The molecule has 3 rings (SSSR count). The number of anilines is 1. The molecule has 0 radical (unpaired) electrons. The smallest absolute Gasteiger partial charge is 0.254 e. The summed E-state index contributed by atoms with van der Waals surface area (Å²) in [4.78, 5) is 7.22. The predicted octanol–water partition coefficient (Wildman–Crippen LogP) is 3.24. The van der Waals surface area contributed by atoms with Crippen LogP contribution in [0.5, 0.6) is 0 Å². The molecule has 8 heteroatoms. The maximum Gasteiger partial charge on any atom is 0.254 e. The molecule has 5 nitrogen and oxygen atoms in total. The van der Waals surface area contributed by atoms with Crippen LogP contribution in [0.3, 0.4) is 0 Å². The zero-order chi connectivity index (χ0) is 16.4.